The Bertz CT molecular complexity index is 587. The molecule has 2 aromatic carbocycles. The predicted octanol–water partition coefficient (Wildman–Crippen LogP) is 4.06. The van der Waals surface area contributed by atoms with Gasteiger partial charge in [-0.25, -0.2) is 0 Å². The van der Waals surface area contributed by atoms with Crippen LogP contribution in [0.25, 0.3) is 10.8 Å². The van der Waals surface area contributed by atoms with Crippen molar-refractivity contribution in [2.24, 2.45) is 0 Å². The lowest BCUT2D eigenvalue weighted by molar-refractivity contribution is -0.0120. The summed E-state index contributed by atoms with van der Waals surface area (Å²) in [5, 5.41) is 6.22. The van der Waals surface area contributed by atoms with Crippen molar-refractivity contribution in [3.63, 3.8) is 0 Å². The van der Waals surface area contributed by atoms with Gasteiger partial charge in [0.2, 0.25) is 0 Å². The molecule has 0 radical (unpaired) electrons. The van der Waals surface area contributed by atoms with Gasteiger partial charge in [0.25, 0.3) is 0 Å². The van der Waals surface area contributed by atoms with Gasteiger partial charge in [0, 0.05) is 6.61 Å². The second-order valence-corrected chi connectivity index (χ2v) is 5.86. The molecule has 106 valence electrons. The second kappa shape index (κ2) is 5.55. The zero-order valence-corrected chi connectivity index (χ0v) is 12.4. The molecular formula is C18H23NO. The first kappa shape index (κ1) is 13.6. The standard InChI is InChI=1S/C18H23NO/c1-3-19-17(18(2)11-6-12-20-18)16-10-9-14-7-4-5-8-15(14)13-16/h4-5,7-10,13,17,19H,3,6,11-12H2,1-2H3. The van der Waals surface area contributed by atoms with Crippen molar-refractivity contribution in [1.29, 1.82) is 0 Å². The highest BCUT2D eigenvalue weighted by Crippen LogP contribution is 2.38. The number of fused-ring (bicyclic) bond motifs is 1. The first-order chi connectivity index (χ1) is 9.73. The first-order valence-electron chi connectivity index (χ1n) is 7.59. The minimum atomic E-state index is -0.0849. The molecule has 0 aromatic heterocycles. The van der Waals surface area contributed by atoms with Gasteiger partial charge in [0.1, 0.15) is 0 Å². The van der Waals surface area contributed by atoms with Crippen LogP contribution >= 0.6 is 0 Å². The van der Waals surface area contributed by atoms with Gasteiger partial charge in [-0.15, -0.1) is 0 Å². The third kappa shape index (κ3) is 2.46. The Morgan fingerprint density at radius 2 is 2.00 bits per heavy atom. The molecule has 20 heavy (non-hydrogen) atoms. The Labute approximate surface area is 121 Å². The normalized spacial score (nSPS) is 24.1. The summed E-state index contributed by atoms with van der Waals surface area (Å²) in [6.07, 6.45) is 2.28. The SMILES string of the molecule is CCNC(c1ccc2ccccc2c1)C1(C)CCCO1. The number of ether oxygens (including phenoxy) is 1. The van der Waals surface area contributed by atoms with E-state index >= 15 is 0 Å². The zero-order chi connectivity index (χ0) is 14.0. The summed E-state index contributed by atoms with van der Waals surface area (Å²) in [6, 6.07) is 15.5. The highest BCUT2D eigenvalue weighted by atomic mass is 16.5. The molecular weight excluding hydrogens is 246 g/mol. The number of hydrogen-bond acceptors (Lipinski definition) is 2. The van der Waals surface area contributed by atoms with Gasteiger partial charge in [0.05, 0.1) is 11.6 Å². The predicted molar refractivity (Wildman–Crippen MR) is 84.0 cm³/mol. The molecule has 2 atom stereocenters. The largest absolute Gasteiger partial charge is 0.373 e. The molecule has 0 aliphatic carbocycles. The van der Waals surface area contributed by atoms with E-state index in [0.717, 1.165) is 26.0 Å². The van der Waals surface area contributed by atoms with E-state index in [1.54, 1.807) is 0 Å². The number of likely N-dealkylation sites (N-methyl/N-ethyl adjacent to an activating group) is 1. The van der Waals surface area contributed by atoms with Crippen LogP contribution in [-0.2, 0) is 4.74 Å². The molecule has 1 heterocycles. The van der Waals surface area contributed by atoms with Crippen molar-refractivity contribution in [3.05, 3.63) is 48.0 Å². The third-order valence-corrected chi connectivity index (χ3v) is 4.38. The van der Waals surface area contributed by atoms with Gasteiger partial charge in [0.15, 0.2) is 0 Å². The fourth-order valence-electron chi connectivity index (χ4n) is 3.31. The lowest BCUT2D eigenvalue weighted by atomic mass is 9.87. The van der Waals surface area contributed by atoms with Crippen LogP contribution in [0.2, 0.25) is 0 Å². The van der Waals surface area contributed by atoms with Crippen molar-refractivity contribution < 1.29 is 4.74 Å². The highest BCUT2D eigenvalue weighted by molar-refractivity contribution is 5.83. The fourth-order valence-corrected chi connectivity index (χ4v) is 3.31. The van der Waals surface area contributed by atoms with Gasteiger partial charge >= 0.3 is 0 Å². The van der Waals surface area contributed by atoms with E-state index in [-0.39, 0.29) is 11.6 Å². The molecule has 1 aliphatic heterocycles. The molecule has 1 fully saturated rings. The van der Waals surface area contributed by atoms with Crippen LogP contribution in [0.4, 0.5) is 0 Å². The second-order valence-electron chi connectivity index (χ2n) is 5.86. The van der Waals surface area contributed by atoms with Crippen LogP contribution in [0.15, 0.2) is 42.5 Å². The molecule has 0 amide bonds. The highest BCUT2D eigenvalue weighted by Gasteiger charge is 2.38. The molecule has 2 heteroatoms. The van der Waals surface area contributed by atoms with Gasteiger partial charge in [-0.05, 0) is 48.7 Å². The smallest absolute Gasteiger partial charge is 0.0849 e. The van der Waals surface area contributed by atoms with Crippen LogP contribution < -0.4 is 5.32 Å². The Morgan fingerprint density at radius 1 is 1.20 bits per heavy atom. The zero-order valence-electron chi connectivity index (χ0n) is 12.4. The molecule has 2 aromatic rings. The summed E-state index contributed by atoms with van der Waals surface area (Å²) in [6.45, 7) is 6.23. The Morgan fingerprint density at radius 3 is 2.70 bits per heavy atom. The molecule has 2 nitrogen and oxygen atoms in total. The average Bonchev–Trinajstić information content (AvgIpc) is 2.92. The molecule has 0 bridgehead atoms. The first-order valence-corrected chi connectivity index (χ1v) is 7.59. The van der Waals surface area contributed by atoms with Crippen LogP contribution in [0.3, 0.4) is 0 Å². The van der Waals surface area contributed by atoms with Gasteiger partial charge in [-0.2, -0.15) is 0 Å². The van der Waals surface area contributed by atoms with Crippen molar-refractivity contribution in [2.45, 2.75) is 38.3 Å². The molecule has 3 rings (SSSR count). The molecule has 2 unspecified atom stereocenters. The minimum Gasteiger partial charge on any atom is -0.373 e. The summed E-state index contributed by atoms with van der Waals surface area (Å²) in [7, 11) is 0. The number of rotatable bonds is 4. The maximum Gasteiger partial charge on any atom is 0.0849 e. The lowest BCUT2D eigenvalue weighted by Gasteiger charge is -2.34. The van der Waals surface area contributed by atoms with Gasteiger partial charge in [-0.3, -0.25) is 0 Å². The van der Waals surface area contributed by atoms with E-state index in [1.165, 1.54) is 16.3 Å². The van der Waals surface area contributed by atoms with Crippen molar-refractivity contribution in [2.75, 3.05) is 13.2 Å². The van der Waals surface area contributed by atoms with Crippen LogP contribution in [0, 0.1) is 0 Å². The summed E-state index contributed by atoms with van der Waals surface area (Å²) in [5.74, 6) is 0. The number of nitrogens with one attached hydrogen (secondary N) is 1. The van der Waals surface area contributed by atoms with Gasteiger partial charge < -0.3 is 10.1 Å². The number of hydrogen-bond donors (Lipinski definition) is 1. The third-order valence-electron chi connectivity index (χ3n) is 4.38. The quantitative estimate of drug-likeness (QED) is 0.903. The molecule has 1 saturated heterocycles. The van der Waals surface area contributed by atoms with Crippen LogP contribution in [0.1, 0.15) is 38.3 Å². The van der Waals surface area contributed by atoms with E-state index < -0.39 is 0 Å². The fraction of sp³-hybridized carbons (Fsp3) is 0.444. The molecule has 0 spiro atoms. The van der Waals surface area contributed by atoms with Crippen molar-refractivity contribution in [1.82, 2.24) is 5.32 Å². The maximum atomic E-state index is 6.06. The van der Waals surface area contributed by atoms with Crippen LogP contribution in [-0.4, -0.2) is 18.8 Å². The Kier molecular flexibility index (Phi) is 3.77. The average molecular weight is 269 g/mol. The van der Waals surface area contributed by atoms with Crippen LogP contribution in [0.5, 0.6) is 0 Å². The van der Waals surface area contributed by atoms with Gasteiger partial charge in [-0.1, -0.05) is 43.3 Å². The van der Waals surface area contributed by atoms with Crippen molar-refractivity contribution in [3.8, 4) is 0 Å². The maximum absolute atomic E-state index is 6.06. The van der Waals surface area contributed by atoms with E-state index in [0.29, 0.717) is 0 Å². The molecule has 1 N–H and O–H groups in total. The monoisotopic (exact) mass is 269 g/mol. The summed E-state index contributed by atoms with van der Waals surface area (Å²) < 4.78 is 6.06. The molecule has 1 aliphatic rings. The summed E-state index contributed by atoms with van der Waals surface area (Å²) >= 11 is 0. The molecule has 0 saturated carbocycles. The van der Waals surface area contributed by atoms with Crippen molar-refractivity contribution >= 4 is 10.8 Å². The summed E-state index contributed by atoms with van der Waals surface area (Å²) in [5.41, 5.74) is 1.24. The van der Waals surface area contributed by atoms with E-state index in [2.05, 4.69) is 61.6 Å². The topological polar surface area (TPSA) is 21.3 Å². The lowest BCUT2D eigenvalue weighted by Crippen LogP contribution is -2.41. The van der Waals surface area contributed by atoms with E-state index in [1.807, 2.05) is 0 Å². The van der Waals surface area contributed by atoms with E-state index in [4.69, 9.17) is 4.74 Å². The number of benzene rings is 2. The minimum absolute atomic E-state index is 0.0849. The summed E-state index contributed by atoms with van der Waals surface area (Å²) in [4.78, 5) is 0. The Hall–Kier alpha value is -1.38. The van der Waals surface area contributed by atoms with E-state index in [9.17, 15) is 0 Å². The Balaban J connectivity index is 2.00.